The number of nitrogens with zero attached hydrogens (tertiary/aromatic N) is 4. The second-order valence-electron chi connectivity index (χ2n) is 7.31. The Labute approximate surface area is 187 Å². The molecule has 3 aromatic rings. The van der Waals surface area contributed by atoms with Crippen molar-refractivity contribution in [3.63, 3.8) is 0 Å². The van der Waals surface area contributed by atoms with E-state index in [-0.39, 0.29) is 10.6 Å². The van der Waals surface area contributed by atoms with Gasteiger partial charge in [0.1, 0.15) is 22.8 Å². The molecular formula is C22H23ClN4O3S. The van der Waals surface area contributed by atoms with Gasteiger partial charge < -0.3 is 9.64 Å². The average molecular weight is 459 g/mol. The number of methoxy groups -OCH3 is 1. The first-order valence-corrected chi connectivity index (χ1v) is 11.7. The van der Waals surface area contributed by atoms with Crippen LogP contribution in [0.1, 0.15) is 5.56 Å². The topological polar surface area (TPSA) is 75.6 Å². The van der Waals surface area contributed by atoms with Crippen LogP contribution in [0, 0.1) is 6.92 Å². The number of hydrogen-bond donors (Lipinski definition) is 0. The number of sulfonamides is 1. The van der Waals surface area contributed by atoms with Crippen molar-refractivity contribution in [3.8, 4) is 17.0 Å². The molecule has 2 heterocycles. The minimum Gasteiger partial charge on any atom is -0.495 e. The molecule has 162 valence electrons. The third-order valence-corrected chi connectivity index (χ3v) is 7.46. The van der Waals surface area contributed by atoms with E-state index in [1.54, 1.807) is 18.5 Å². The van der Waals surface area contributed by atoms with E-state index < -0.39 is 10.0 Å². The largest absolute Gasteiger partial charge is 0.495 e. The predicted molar refractivity (Wildman–Crippen MR) is 121 cm³/mol. The van der Waals surface area contributed by atoms with Crippen LogP contribution >= 0.6 is 11.6 Å². The molecule has 1 saturated heterocycles. The molecule has 31 heavy (non-hydrogen) atoms. The van der Waals surface area contributed by atoms with Gasteiger partial charge in [-0.2, -0.15) is 4.31 Å². The molecule has 1 aliphatic heterocycles. The molecule has 0 radical (unpaired) electrons. The fraction of sp³-hybridized carbons (Fsp3) is 0.273. The van der Waals surface area contributed by atoms with Gasteiger partial charge in [0, 0.05) is 42.8 Å². The standard InChI is InChI=1S/C22H23ClN4O3S/c1-16-3-5-17(6-4-16)19-14-22(25-15-24-19)26-9-11-27(12-10-26)31(28,29)21-13-18(23)7-8-20(21)30-2/h3-8,13-15H,9-12H2,1-2H3. The van der Waals surface area contributed by atoms with Gasteiger partial charge in [-0.1, -0.05) is 41.4 Å². The van der Waals surface area contributed by atoms with Crippen LogP contribution in [0.5, 0.6) is 5.75 Å². The molecule has 1 aliphatic rings. The molecule has 0 aliphatic carbocycles. The van der Waals surface area contributed by atoms with Crippen LogP contribution in [0.2, 0.25) is 5.02 Å². The minimum absolute atomic E-state index is 0.0830. The average Bonchev–Trinajstić information content (AvgIpc) is 2.80. The lowest BCUT2D eigenvalue weighted by atomic mass is 10.1. The molecule has 0 unspecified atom stereocenters. The van der Waals surface area contributed by atoms with E-state index in [0.717, 1.165) is 17.1 Å². The fourth-order valence-corrected chi connectivity index (χ4v) is 5.39. The summed E-state index contributed by atoms with van der Waals surface area (Å²) in [7, 11) is -2.28. The third-order valence-electron chi connectivity index (χ3n) is 5.31. The van der Waals surface area contributed by atoms with E-state index in [4.69, 9.17) is 16.3 Å². The van der Waals surface area contributed by atoms with Crippen molar-refractivity contribution in [1.29, 1.82) is 0 Å². The molecule has 0 atom stereocenters. The van der Waals surface area contributed by atoms with Gasteiger partial charge in [0.05, 0.1) is 12.8 Å². The molecule has 1 fully saturated rings. The van der Waals surface area contributed by atoms with E-state index in [9.17, 15) is 8.42 Å². The first-order chi connectivity index (χ1) is 14.9. The smallest absolute Gasteiger partial charge is 0.246 e. The van der Waals surface area contributed by atoms with Crippen LogP contribution in [0.3, 0.4) is 0 Å². The van der Waals surface area contributed by atoms with Crippen molar-refractivity contribution in [2.45, 2.75) is 11.8 Å². The number of rotatable bonds is 5. The highest BCUT2D eigenvalue weighted by molar-refractivity contribution is 7.89. The normalized spacial score (nSPS) is 15.1. The molecule has 7 nitrogen and oxygen atoms in total. The highest BCUT2D eigenvalue weighted by atomic mass is 35.5. The number of anilines is 1. The quantitative estimate of drug-likeness (QED) is 0.581. The Balaban J connectivity index is 1.51. The first-order valence-electron chi connectivity index (χ1n) is 9.86. The van der Waals surface area contributed by atoms with Crippen molar-refractivity contribution in [2.24, 2.45) is 0 Å². The molecule has 0 spiro atoms. The molecular weight excluding hydrogens is 436 g/mol. The summed E-state index contributed by atoms with van der Waals surface area (Å²) < 4.78 is 33.0. The van der Waals surface area contributed by atoms with Crippen LogP contribution in [0.4, 0.5) is 5.82 Å². The van der Waals surface area contributed by atoms with Crippen molar-refractivity contribution in [3.05, 3.63) is 65.4 Å². The zero-order chi connectivity index (χ0) is 22.0. The lowest BCUT2D eigenvalue weighted by Gasteiger charge is -2.34. The second kappa shape index (κ2) is 8.82. The van der Waals surface area contributed by atoms with E-state index in [0.29, 0.717) is 31.2 Å². The van der Waals surface area contributed by atoms with Crippen LogP contribution in [0.25, 0.3) is 11.3 Å². The molecule has 9 heteroatoms. The minimum atomic E-state index is -3.72. The van der Waals surface area contributed by atoms with Crippen molar-refractivity contribution < 1.29 is 13.2 Å². The fourth-order valence-electron chi connectivity index (χ4n) is 3.55. The second-order valence-corrected chi connectivity index (χ2v) is 9.66. The molecule has 1 aromatic heterocycles. The van der Waals surface area contributed by atoms with Crippen LogP contribution in [-0.2, 0) is 10.0 Å². The Hall–Kier alpha value is -2.68. The Morgan fingerprint density at radius 2 is 1.68 bits per heavy atom. The van der Waals surface area contributed by atoms with Gasteiger partial charge in [-0.15, -0.1) is 0 Å². The molecule has 0 saturated carbocycles. The molecule has 0 bridgehead atoms. The maximum atomic E-state index is 13.2. The van der Waals surface area contributed by atoms with E-state index >= 15 is 0 Å². The van der Waals surface area contributed by atoms with Gasteiger partial charge in [0.15, 0.2) is 0 Å². The Bertz CT molecular complexity index is 1180. The predicted octanol–water partition coefficient (Wildman–Crippen LogP) is 3.62. The molecule has 0 N–H and O–H groups in total. The van der Waals surface area contributed by atoms with Gasteiger partial charge in [-0.05, 0) is 25.1 Å². The number of halogens is 1. The number of hydrogen-bond acceptors (Lipinski definition) is 6. The zero-order valence-corrected chi connectivity index (χ0v) is 18.9. The van der Waals surface area contributed by atoms with Crippen LogP contribution in [-0.4, -0.2) is 56.0 Å². The number of piperazine rings is 1. The summed E-state index contributed by atoms with van der Waals surface area (Å²) in [5.41, 5.74) is 3.04. The summed E-state index contributed by atoms with van der Waals surface area (Å²) in [4.78, 5) is 10.9. The summed E-state index contributed by atoms with van der Waals surface area (Å²) >= 11 is 6.03. The highest BCUT2D eigenvalue weighted by Gasteiger charge is 2.31. The lowest BCUT2D eigenvalue weighted by Crippen LogP contribution is -2.49. The van der Waals surface area contributed by atoms with Crippen LogP contribution in [0.15, 0.2) is 59.8 Å². The summed E-state index contributed by atoms with van der Waals surface area (Å²) in [5.74, 6) is 1.06. The van der Waals surface area contributed by atoms with Gasteiger partial charge in [-0.25, -0.2) is 18.4 Å². The molecule has 0 amide bonds. The van der Waals surface area contributed by atoms with Crippen molar-refractivity contribution in [1.82, 2.24) is 14.3 Å². The lowest BCUT2D eigenvalue weighted by molar-refractivity contribution is 0.373. The number of ether oxygens (including phenoxy) is 1. The van der Waals surface area contributed by atoms with Crippen LogP contribution < -0.4 is 9.64 Å². The maximum absolute atomic E-state index is 13.2. The summed E-state index contributed by atoms with van der Waals surface area (Å²) in [6.07, 6.45) is 1.55. The third kappa shape index (κ3) is 4.51. The Morgan fingerprint density at radius 1 is 0.968 bits per heavy atom. The Morgan fingerprint density at radius 3 is 2.35 bits per heavy atom. The first kappa shape index (κ1) is 21.5. The van der Waals surface area contributed by atoms with Crippen molar-refractivity contribution in [2.75, 3.05) is 38.2 Å². The SMILES string of the molecule is COc1ccc(Cl)cc1S(=O)(=O)N1CCN(c2cc(-c3ccc(C)cc3)ncn2)CC1. The number of benzene rings is 2. The maximum Gasteiger partial charge on any atom is 0.246 e. The van der Waals surface area contributed by atoms with E-state index in [1.165, 1.54) is 23.0 Å². The van der Waals surface area contributed by atoms with Gasteiger partial charge >= 0.3 is 0 Å². The van der Waals surface area contributed by atoms with Crippen molar-refractivity contribution >= 4 is 27.4 Å². The van der Waals surface area contributed by atoms with E-state index in [2.05, 4.69) is 14.9 Å². The number of aromatic nitrogens is 2. The highest BCUT2D eigenvalue weighted by Crippen LogP contribution is 2.30. The zero-order valence-electron chi connectivity index (χ0n) is 17.3. The summed E-state index contributed by atoms with van der Waals surface area (Å²) in [5, 5.41) is 0.350. The molecule has 4 rings (SSSR count). The van der Waals surface area contributed by atoms with Gasteiger partial charge in [0.25, 0.3) is 0 Å². The Kier molecular flexibility index (Phi) is 6.13. The van der Waals surface area contributed by atoms with Gasteiger partial charge in [-0.3, -0.25) is 0 Å². The number of aryl methyl sites for hydroxylation is 1. The van der Waals surface area contributed by atoms with E-state index in [1.807, 2.05) is 37.3 Å². The molecule has 2 aromatic carbocycles. The summed E-state index contributed by atoms with van der Waals surface area (Å²) in [6.45, 7) is 3.75. The summed E-state index contributed by atoms with van der Waals surface area (Å²) in [6, 6.07) is 14.7. The van der Waals surface area contributed by atoms with Gasteiger partial charge in [0.2, 0.25) is 10.0 Å². The monoisotopic (exact) mass is 458 g/mol.